The molecule has 0 radical (unpaired) electrons. The van der Waals surface area contributed by atoms with E-state index in [1.807, 2.05) is 6.07 Å². The van der Waals surface area contributed by atoms with Crippen LogP contribution in [0.2, 0.25) is 0 Å². The molecular weight excluding hydrogens is 437 g/mol. The van der Waals surface area contributed by atoms with Gasteiger partial charge in [0, 0.05) is 12.0 Å². The van der Waals surface area contributed by atoms with Crippen LogP contribution in [-0.2, 0) is 11.2 Å². The van der Waals surface area contributed by atoms with Crippen molar-refractivity contribution in [3.8, 4) is 0 Å². The van der Waals surface area contributed by atoms with Gasteiger partial charge < -0.3 is 0 Å². The lowest BCUT2D eigenvalue weighted by Gasteiger charge is -2.33. The van der Waals surface area contributed by atoms with Crippen molar-refractivity contribution in [2.75, 3.05) is 19.6 Å². The van der Waals surface area contributed by atoms with Gasteiger partial charge in [0.1, 0.15) is 5.82 Å². The molecule has 2 heterocycles. The first-order valence-corrected chi connectivity index (χ1v) is 12.5. The Morgan fingerprint density at radius 1 is 0.971 bits per heavy atom. The highest BCUT2D eigenvalue weighted by Gasteiger charge is 2.34. The molecule has 0 unspecified atom stereocenters. The molecule has 35 heavy (non-hydrogen) atoms. The number of halogens is 1. The zero-order chi connectivity index (χ0) is 24.2. The highest BCUT2D eigenvalue weighted by atomic mass is 19.1. The monoisotopic (exact) mass is 469 g/mol. The Kier molecular flexibility index (Phi) is 7.05. The molecule has 0 bridgehead atoms. The molecule has 5 heteroatoms. The minimum Gasteiger partial charge on any atom is -0.294 e. The number of hydrazone groups is 1. The maximum absolute atomic E-state index is 13.9. The van der Waals surface area contributed by atoms with Crippen molar-refractivity contribution in [2.45, 2.75) is 38.6 Å². The Morgan fingerprint density at radius 3 is 2.43 bits per heavy atom. The molecule has 4 nitrogen and oxygen atoms in total. The number of nitrogens with zero attached hydrogens (tertiary/aromatic N) is 3. The fourth-order valence-corrected chi connectivity index (χ4v) is 5.19. The number of hydrogen-bond donors (Lipinski definition) is 0. The SMILES string of the molecule is Cc1ccc([C@H]2CC(c3cccc(F)c3)=NN2C(=O)CN2CCC(Cc3ccccc3)CC2)cc1. The number of aryl methyl sites for hydroxylation is 1. The van der Waals surface area contributed by atoms with Crippen molar-refractivity contribution >= 4 is 11.6 Å². The first-order valence-electron chi connectivity index (χ1n) is 12.5. The Hall–Kier alpha value is -3.31. The lowest BCUT2D eigenvalue weighted by atomic mass is 9.90. The third kappa shape index (κ3) is 5.68. The number of benzene rings is 3. The van der Waals surface area contributed by atoms with Crippen molar-refractivity contribution in [1.29, 1.82) is 0 Å². The molecular formula is C30H32FN3O. The summed E-state index contributed by atoms with van der Waals surface area (Å²) in [6, 6.07) is 25.2. The summed E-state index contributed by atoms with van der Waals surface area (Å²) in [7, 11) is 0. The molecule has 2 aliphatic rings. The van der Waals surface area contributed by atoms with E-state index in [1.54, 1.807) is 11.1 Å². The second-order valence-electron chi connectivity index (χ2n) is 9.84. The standard InChI is InChI=1S/C30H32FN3O/c1-22-10-12-25(13-11-22)29-20-28(26-8-5-9-27(31)19-26)32-34(29)30(35)21-33-16-14-24(15-17-33)18-23-6-3-2-4-7-23/h2-13,19,24,29H,14-18,20-21H2,1H3/t29-/m1/s1. The molecule has 3 aromatic rings. The summed E-state index contributed by atoms with van der Waals surface area (Å²) in [5.41, 5.74) is 5.11. The van der Waals surface area contributed by atoms with Crippen LogP contribution >= 0.6 is 0 Å². The molecule has 180 valence electrons. The van der Waals surface area contributed by atoms with Crippen molar-refractivity contribution in [2.24, 2.45) is 11.0 Å². The normalized spacial score (nSPS) is 19.1. The molecule has 0 N–H and O–H groups in total. The van der Waals surface area contributed by atoms with Crippen LogP contribution in [0.5, 0.6) is 0 Å². The molecule has 0 saturated carbocycles. The topological polar surface area (TPSA) is 35.9 Å². The average molecular weight is 470 g/mol. The Bertz CT molecular complexity index is 1180. The van der Waals surface area contributed by atoms with Gasteiger partial charge in [-0.05, 0) is 68.5 Å². The van der Waals surface area contributed by atoms with E-state index in [0.717, 1.165) is 49.2 Å². The Labute approximate surface area is 207 Å². The maximum Gasteiger partial charge on any atom is 0.257 e. The van der Waals surface area contributed by atoms with Crippen molar-refractivity contribution in [3.63, 3.8) is 0 Å². The number of amides is 1. The molecule has 0 aliphatic carbocycles. The maximum atomic E-state index is 13.9. The minimum atomic E-state index is -0.291. The average Bonchev–Trinajstić information content (AvgIpc) is 3.32. The quantitative estimate of drug-likeness (QED) is 0.460. The summed E-state index contributed by atoms with van der Waals surface area (Å²) in [5.74, 6) is 0.372. The zero-order valence-electron chi connectivity index (χ0n) is 20.2. The van der Waals surface area contributed by atoms with Gasteiger partial charge in [0.15, 0.2) is 0 Å². The van der Waals surface area contributed by atoms with Gasteiger partial charge in [-0.15, -0.1) is 0 Å². The van der Waals surface area contributed by atoms with Crippen LogP contribution in [0.4, 0.5) is 4.39 Å². The summed E-state index contributed by atoms with van der Waals surface area (Å²) in [6.07, 6.45) is 3.88. The largest absolute Gasteiger partial charge is 0.294 e. The number of likely N-dealkylation sites (tertiary alicyclic amines) is 1. The van der Waals surface area contributed by atoms with E-state index in [4.69, 9.17) is 5.10 Å². The molecule has 2 aliphatic heterocycles. The van der Waals surface area contributed by atoms with Crippen LogP contribution in [0.25, 0.3) is 0 Å². The predicted molar refractivity (Wildman–Crippen MR) is 138 cm³/mol. The summed E-state index contributed by atoms with van der Waals surface area (Å²) < 4.78 is 13.9. The van der Waals surface area contributed by atoms with E-state index in [-0.39, 0.29) is 17.8 Å². The smallest absolute Gasteiger partial charge is 0.257 e. The third-order valence-corrected chi connectivity index (χ3v) is 7.22. The van der Waals surface area contributed by atoms with Crippen LogP contribution in [0.15, 0.2) is 84.0 Å². The highest BCUT2D eigenvalue weighted by molar-refractivity contribution is 6.03. The highest BCUT2D eigenvalue weighted by Crippen LogP contribution is 2.33. The first-order chi connectivity index (χ1) is 17.0. The molecule has 0 aromatic heterocycles. The van der Waals surface area contributed by atoms with Crippen molar-refractivity contribution < 1.29 is 9.18 Å². The van der Waals surface area contributed by atoms with Gasteiger partial charge in [-0.1, -0.05) is 72.3 Å². The molecule has 1 saturated heterocycles. The van der Waals surface area contributed by atoms with Crippen LogP contribution in [0, 0.1) is 18.7 Å². The number of rotatable bonds is 6. The van der Waals surface area contributed by atoms with E-state index < -0.39 is 0 Å². The van der Waals surface area contributed by atoms with Crippen LogP contribution in [0.3, 0.4) is 0 Å². The fraction of sp³-hybridized carbons (Fsp3) is 0.333. The first kappa shape index (κ1) is 23.4. The molecule has 1 atom stereocenters. The van der Waals surface area contributed by atoms with Crippen LogP contribution in [-0.4, -0.2) is 41.2 Å². The number of carbonyl (C=O) groups excluding carboxylic acids is 1. The number of piperidine rings is 1. The summed E-state index contributed by atoms with van der Waals surface area (Å²) in [4.78, 5) is 15.7. The molecule has 5 rings (SSSR count). The lowest BCUT2D eigenvalue weighted by molar-refractivity contribution is -0.134. The predicted octanol–water partition coefficient (Wildman–Crippen LogP) is 5.77. The van der Waals surface area contributed by atoms with E-state index >= 15 is 0 Å². The van der Waals surface area contributed by atoms with Gasteiger partial charge in [0.2, 0.25) is 0 Å². The Morgan fingerprint density at radius 2 is 1.71 bits per heavy atom. The molecule has 1 amide bonds. The molecule has 3 aromatic carbocycles. The van der Waals surface area contributed by atoms with Crippen LogP contribution < -0.4 is 0 Å². The summed E-state index contributed by atoms with van der Waals surface area (Å²) in [6.45, 7) is 4.26. The molecule has 1 fully saturated rings. The van der Waals surface area contributed by atoms with Gasteiger partial charge in [-0.3, -0.25) is 9.69 Å². The van der Waals surface area contributed by atoms with Crippen LogP contribution in [0.1, 0.15) is 47.6 Å². The van der Waals surface area contributed by atoms with E-state index in [2.05, 4.69) is 66.4 Å². The summed E-state index contributed by atoms with van der Waals surface area (Å²) in [5, 5.41) is 6.36. The zero-order valence-corrected chi connectivity index (χ0v) is 20.2. The second-order valence-corrected chi connectivity index (χ2v) is 9.84. The summed E-state index contributed by atoms with van der Waals surface area (Å²) >= 11 is 0. The van der Waals surface area contributed by atoms with Gasteiger partial charge in [-0.2, -0.15) is 5.10 Å². The van der Waals surface area contributed by atoms with E-state index in [9.17, 15) is 9.18 Å². The fourth-order valence-electron chi connectivity index (χ4n) is 5.19. The third-order valence-electron chi connectivity index (χ3n) is 7.22. The van der Waals surface area contributed by atoms with Gasteiger partial charge in [-0.25, -0.2) is 9.40 Å². The van der Waals surface area contributed by atoms with E-state index in [1.165, 1.54) is 23.3 Å². The lowest BCUT2D eigenvalue weighted by Crippen LogP contribution is -2.42. The number of hydrogen-bond acceptors (Lipinski definition) is 3. The second kappa shape index (κ2) is 10.5. The van der Waals surface area contributed by atoms with Gasteiger partial charge >= 0.3 is 0 Å². The molecule has 0 spiro atoms. The minimum absolute atomic E-state index is 0.00323. The van der Waals surface area contributed by atoms with E-state index in [0.29, 0.717) is 18.9 Å². The Balaban J connectivity index is 1.27. The van der Waals surface area contributed by atoms with Crippen molar-refractivity contribution in [1.82, 2.24) is 9.91 Å². The van der Waals surface area contributed by atoms with Gasteiger partial charge in [0.05, 0.1) is 18.3 Å². The van der Waals surface area contributed by atoms with Crippen molar-refractivity contribution in [3.05, 3.63) is 107 Å². The number of carbonyl (C=O) groups is 1. The van der Waals surface area contributed by atoms with Gasteiger partial charge in [0.25, 0.3) is 5.91 Å².